The van der Waals surface area contributed by atoms with Gasteiger partial charge in [0.25, 0.3) is 0 Å². The number of fused-ring (bicyclic) bond motifs is 1. The van der Waals surface area contributed by atoms with Crippen LogP contribution in [0.5, 0.6) is 0 Å². The summed E-state index contributed by atoms with van der Waals surface area (Å²) in [6, 6.07) is 8.74. The molecule has 1 atom stereocenters. The number of piperazine rings is 1. The van der Waals surface area contributed by atoms with Crippen LogP contribution in [0.4, 0.5) is 9.93 Å². The summed E-state index contributed by atoms with van der Waals surface area (Å²) < 4.78 is 0. The molecular formula is C19H24N4OS. The number of nitrogens with one attached hydrogen (secondary N) is 1. The fraction of sp³-hybridized carbons (Fsp3) is 0.474. The second-order valence-electron chi connectivity index (χ2n) is 6.76. The fourth-order valence-electron chi connectivity index (χ4n) is 3.86. The molecule has 1 aromatic carbocycles. The van der Waals surface area contributed by atoms with Gasteiger partial charge in [-0.1, -0.05) is 24.3 Å². The summed E-state index contributed by atoms with van der Waals surface area (Å²) in [5.41, 5.74) is 2.87. The molecule has 1 N–H and O–H groups in total. The molecule has 132 valence electrons. The average Bonchev–Trinajstić information content (AvgIpc) is 3.21. The maximum atomic E-state index is 12.5. The first-order valence-corrected chi connectivity index (χ1v) is 9.94. The molecule has 1 fully saturated rings. The second kappa shape index (κ2) is 7.44. The third kappa shape index (κ3) is 3.63. The van der Waals surface area contributed by atoms with Gasteiger partial charge in [0, 0.05) is 50.2 Å². The maximum Gasteiger partial charge on any atom is 0.317 e. The van der Waals surface area contributed by atoms with Crippen molar-refractivity contribution in [2.45, 2.75) is 25.2 Å². The molecule has 4 rings (SSSR count). The molecule has 1 aliphatic carbocycles. The first kappa shape index (κ1) is 16.4. The zero-order valence-electron chi connectivity index (χ0n) is 14.4. The van der Waals surface area contributed by atoms with Crippen molar-refractivity contribution in [2.75, 3.05) is 37.6 Å². The summed E-state index contributed by atoms with van der Waals surface area (Å²) in [4.78, 5) is 21.1. The minimum Gasteiger partial charge on any atom is -0.345 e. The third-order valence-electron chi connectivity index (χ3n) is 5.25. The predicted molar refractivity (Wildman–Crippen MR) is 101 cm³/mol. The van der Waals surface area contributed by atoms with Crippen molar-refractivity contribution in [2.24, 2.45) is 0 Å². The number of rotatable bonds is 3. The van der Waals surface area contributed by atoms with Crippen LogP contribution in [0.25, 0.3) is 0 Å². The van der Waals surface area contributed by atoms with Gasteiger partial charge in [0.1, 0.15) is 0 Å². The summed E-state index contributed by atoms with van der Waals surface area (Å²) in [7, 11) is 0. The standard InChI is InChI=1S/C19H24N4OS/c24-18(22-9-11-23(12-10-22)19-20-8-13-25-19)21-14-16-6-3-5-15-4-1-2-7-17(15)16/h1-2,4,7-8,13,16H,3,5-6,9-12,14H2,(H,21,24). The monoisotopic (exact) mass is 356 g/mol. The van der Waals surface area contributed by atoms with Gasteiger partial charge in [-0.25, -0.2) is 9.78 Å². The van der Waals surface area contributed by atoms with Crippen molar-refractivity contribution >= 4 is 22.5 Å². The Morgan fingerprint density at radius 1 is 1.24 bits per heavy atom. The highest BCUT2D eigenvalue weighted by atomic mass is 32.1. The molecule has 5 nitrogen and oxygen atoms in total. The number of hydrogen-bond donors (Lipinski definition) is 1. The molecule has 0 spiro atoms. The van der Waals surface area contributed by atoms with Gasteiger partial charge in [0.15, 0.2) is 5.13 Å². The summed E-state index contributed by atoms with van der Waals surface area (Å²) in [5, 5.41) is 6.22. The predicted octanol–water partition coefficient (Wildman–Crippen LogP) is 3.09. The van der Waals surface area contributed by atoms with E-state index in [1.54, 1.807) is 11.3 Å². The summed E-state index contributed by atoms with van der Waals surface area (Å²) in [5.74, 6) is 0.450. The number of nitrogens with zero attached hydrogens (tertiary/aromatic N) is 3. The van der Waals surface area contributed by atoms with Crippen molar-refractivity contribution in [1.82, 2.24) is 15.2 Å². The van der Waals surface area contributed by atoms with Gasteiger partial charge in [-0.3, -0.25) is 0 Å². The number of aryl methyl sites for hydroxylation is 1. The molecule has 1 aromatic heterocycles. The molecular weight excluding hydrogens is 332 g/mol. The van der Waals surface area contributed by atoms with E-state index in [9.17, 15) is 4.79 Å². The van der Waals surface area contributed by atoms with Gasteiger partial charge in [0.05, 0.1) is 0 Å². The van der Waals surface area contributed by atoms with E-state index in [0.29, 0.717) is 5.92 Å². The largest absolute Gasteiger partial charge is 0.345 e. The molecule has 1 aliphatic heterocycles. The Hall–Kier alpha value is -2.08. The molecule has 2 heterocycles. The van der Waals surface area contributed by atoms with E-state index in [2.05, 4.69) is 39.5 Å². The SMILES string of the molecule is O=C(NCC1CCCc2ccccc21)N1CCN(c2nccs2)CC1. The van der Waals surface area contributed by atoms with Crippen LogP contribution < -0.4 is 10.2 Å². The van der Waals surface area contributed by atoms with Crippen molar-refractivity contribution in [1.29, 1.82) is 0 Å². The minimum absolute atomic E-state index is 0.0712. The first-order chi connectivity index (χ1) is 12.3. The number of thiazole rings is 1. The Bertz CT molecular complexity index is 710. The van der Waals surface area contributed by atoms with E-state index >= 15 is 0 Å². The van der Waals surface area contributed by atoms with Crippen molar-refractivity contribution in [3.05, 3.63) is 47.0 Å². The van der Waals surface area contributed by atoms with Crippen LogP contribution in [-0.2, 0) is 6.42 Å². The van der Waals surface area contributed by atoms with Crippen molar-refractivity contribution in [3.8, 4) is 0 Å². The quantitative estimate of drug-likeness (QED) is 0.919. The molecule has 0 radical (unpaired) electrons. The summed E-state index contributed by atoms with van der Waals surface area (Å²) >= 11 is 1.66. The molecule has 0 bridgehead atoms. The van der Waals surface area contributed by atoms with E-state index in [4.69, 9.17) is 0 Å². The maximum absolute atomic E-state index is 12.5. The van der Waals surface area contributed by atoms with Crippen LogP contribution in [0, 0.1) is 0 Å². The van der Waals surface area contributed by atoms with Gasteiger partial charge < -0.3 is 15.1 Å². The van der Waals surface area contributed by atoms with Crippen LogP contribution in [-0.4, -0.2) is 48.6 Å². The lowest BCUT2D eigenvalue weighted by atomic mass is 9.83. The molecule has 1 unspecified atom stereocenters. The van der Waals surface area contributed by atoms with Crippen molar-refractivity contribution in [3.63, 3.8) is 0 Å². The van der Waals surface area contributed by atoms with Crippen LogP contribution in [0.15, 0.2) is 35.8 Å². The number of benzene rings is 1. The molecule has 6 heteroatoms. The van der Waals surface area contributed by atoms with Crippen LogP contribution in [0.1, 0.15) is 29.9 Å². The normalized spacial score (nSPS) is 20.2. The molecule has 2 amide bonds. The van der Waals surface area contributed by atoms with Gasteiger partial charge in [0.2, 0.25) is 0 Å². The zero-order chi connectivity index (χ0) is 17.1. The van der Waals surface area contributed by atoms with E-state index < -0.39 is 0 Å². The van der Waals surface area contributed by atoms with E-state index in [1.807, 2.05) is 16.5 Å². The number of amides is 2. The zero-order valence-corrected chi connectivity index (χ0v) is 15.2. The molecule has 0 saturated carbocycles. The highest BCUT2D eigenvalue weighted by Crippen LogP contribution is 2.30. The molecule has 1 saturated heterocycles. The topological polar surface area (TPSA) is 48.5 Å². The van der Waals surface area contributed by atoms with Crippen LogP contribution in [0.3, 0.4) is 0 Å². The smallest absolute Gasteiger partial charge is 0.317 e. The molecule has 2 aliphatic rings. The van der Waals surface area contributed by atoms with Gasteiger partial charge >= 0.3 is 6.03 Å². The van der Waals surface area contributed by atoms with Gasteiger partial charge in [-0.2, -0.15) is 0 Å². The van der Waals surface area contributed by atoms with E-state index in [-0.39, 0.29) is 6.03 Å². The van der Waals surface area contributed by atoms with Gasteiger partial charge in [-0.05, 0) is 30.4 Å². The lowest BCUT2D eigenvalue weighted by Crippen LogP contribution is -2.52. The number of aromatic nitrogens is 1. The lowest BCUT2D eigenvalue weighted by molar-refractivity contribution is 0.193. The Labute approximate surface area is 152 Å². The minimum atomic E-state index is 0.0712. The highest BCUT2D eigenvalue weighted by Gasteiger charge is 2.24. The highest BCUT2D eigenvalue weighted by molar-refractivity contribution is 7.13. The average molecular weight is 356 g/mol. The van der Waals surface area contributed by atoms with Crippen LogP contribution in [0.2, 0.25) is 0 Å². The summed E-state index contributed by atoms with van der Waals surface area (Å²) in [6.45, 7) is 3.96. The Morgan fingerprint density at radius 3 is 2.88 bits per heavy atom. The fourth-order valence-corrected chi connectivity index (χ4v) is 4.56. The number of anilines is 1. The number of carbonyl (C=O) groups excluding carboxylic acids is 1. The van der Waals surface area contributed by atoms with Crippen LogP contribution >= 0.6 is 11.3 Å². The number of urea groups is 1. The number of carbonyl (C=O) groups is 1. The molecule has 2 aromatic rings. The third-order valence-corrected chi connectivity index (χ3v) is 6.08. The Morgan fingerprint density at radius 2 is 2.08 bits per heavy atom. The Balaban J connectivity index is 1.29. The van der Waals surface area contributed by atoms with E-state index in [0.717, 1.165) is 44.3 Å². The van der Waals surface area contributed by atoms with E-state index in [1.165, 1.54) is 24.0 Å². The lowest BCUT2D eigenvalue weighted by Gasteiger charge is -2.35. The van der Waals surface area contributed by atoms with Gasteiger partial charge in [-0.15, -0.1) is 11.3 Å². The Kier molecular flexibility index (Phi) is 4.88. The second-order valence-corrected chi connectivity index (χ2v) is 7.64. The molecule has 25 heavy (non-hydrogen) atoms. The first-order valence-electron chi connectivity index (χ1n) is 9.06. The van der Waals surface area contributed by atoms with Crippen molar-refractivity contribution < 1.29 is 4.79 Å². The summed E-state index contributed by atoms with van der Waals surface area (Å²) in [6.07, 6.45) is 5.37. The number of hydrogen-bond acceptors (Lipinski definition) is 4.